The zero-order valence-corrected chi connectivity index (χ0v) is 10.3. The summed E-state index contributed by atoms with van der Waals surface area (Å²) in [6.45, 7) is 0.628. The molecule has 19 heavy (non-hydrogen) atoms. The lowest BCUT2D eigenvalue weighted by molar-refractivity contribution is -0.194. The van der Waals surface area contributed by atoms with Crippen LogP contribution in [-0.2, 0) is 9.59 Å². The lowest BCUT2D eigenvalue weighted by Crippen LogP contribution is -2.63. The van der Waals surface area contributed by atoms with Crippen molar-refractivity contribution in [3.63, 3.8) is 0 Å². The lowest BCUT2D eigenvalue weighted by Gasteiger charge is -2.33. The molecular weight excluding hydrogens is 265 g/mol. The first kappa shape index (κ1) is 14.1. The van der Waals surface area contributed by atoms with Crippen molar-refractivity contribution < 1.29 is 27.9 Å². The van der Waals surface area contributed by atoms with Gasteiger partial charge in [-0.05, 0) is 26.2 Å². The van der Waals surface area contributed by atoms with Gasteiger partial charge >= 0.3 is 12.1 Å². The minimum Gasteiger partial charge on any atom is -0.481 e. The van der Waals surface area contributed by atoms with Gasteiger partial charge in [-0.2, -0.15) is 13.2 Å². The number of amides is 1. The average molecular weight is 280 g/mol. The second-order valence-corrected chi connectivity index (χ2v) is 5.39. The molecule has 8 heteroatoms. The quantitative estimate of drug-likeness (QED) is 0.781. The minimum absolute atomic E-state index is 0.208. The largest absolute Gasteiger partial charge is 0.481 e. The predicted molar refractivity (Wildman–Crippen MR) is 58.0 cm³/mol. The first-order chi connectivity index (χ1) is 8.57. The Morgan fingerprint density at radius 2 is 1.89 bits per heavy atom. The number of nitrogens with zero attached hydrogens (tertiary/aromatic N) is 1. The summed E-state index contributed by atoms with van der Waals surface area (Å²) in [5, 5.41) is 9.01. The summed E-state index contributed by atoms with van der Waals surface area (Å²) in [6, 6.07) is -1.11. The van der Waals surface area contributed by atoms with Crippen molar-refractivity contribution in [2.24, 2.45) is 11.7 Å². The topological polar surface area (TPSA) is 83.6 Å². The van der Waals surface area contributed by atoms with Gasteiger partial charge in [-0.1, -0.05) is 0 Å². The Bertz CT molecular complexity index is 422. The maximum atomic E-state index is 12.8. The molecule has 0 aromatic heterocycles. The summed E-state index contributed by atoms with van der Waals surface area (Å²) in [5.41, 5.74) is 2.16. The Balaban J connectivity index is 2.25. The number of halogens is 3. The smallest absolute Gasteiger partial charge is 0.415 e. The van der Waals surface area contributed by atoms with Crippen LogP contribution in [0.4, 0.5) is 13.2 Å². The summed E-state index contributed by atoms with van der Waals surface area (Å²) in [5.74, 6) is -3.08. The van der Waals surface area contributed by atoms with Gasteiger partial charge in [-0.15, -0.1) is 0 Å². The van der Waals surface area contributed by atoms with Crippen molar-refractivity contribution >= 4 is 11.9 Å². The minimum atomic E-state index is -4.86. The number of aliphatic carboxylic acids is 1. The molecule has 0 aliphatic carbocycles. The third-order valence-corrected chi connectivity index (χ3v) is 4.12. The third kappa shape index (κ3) is 1.98. The highest BCUT2D eigenvalue weighted by Gasteiger charge is 2.60. The van der Waals surface area contributed by atoms with E-state index in [2.05, 4.69) is 0 Å². The number of nitrogens with two attached hydrogens (primary N) is 1. The fraction of sp³-hybridized carbons (Fsp3) is 0.818. The van der Waals surface area contributed by atoms with Gasteiger partial charge in [0.25, 0.3) is 5.91 Å². The van der Waals surface area contributed by atoms with Crippen molar-refractivity contribution in [1.82, 2.24) is 4.90 Å². The fourth-order valence-electron chi connectivity index (χ4n) is 2.96. The molecule has 2 heterocycles. The number of rotatable bonds is 2. The van der Waals surface area contributed by atoms with E-state index >= 15 is 0 Å². The van der Waals surface area contributed by atoms with E-state index in [0.29, 0.717) is 19.8 Å². The molecule has 2 fully saturated rings. The number of fused-ring (bicyclic) bond motifs is 2. The molecule has 1 amide bonds. The molecule has 0 saturated carbocycles. The Morgan fingerprint density at radius 1 is 1.32 bits per heavy atom. The van der Waals surface area contributed by atoms with Crippen molar-refractivity contribution in [2.75, 3.05) is 0 Å². The van der Waals surface area contributed by atoms with Crippen molar-refractivity contribution in [3.05, 3.63) is 0 Å². The Labute approximate surface area is 107 Å². The Morgan fingerprint density at radius 3 is 2.32 bits per heavy atom. The summed E-state index contributed by atoms with van der Waals surface area (Å²) in [7, 11) is 0. The monoisotopic (exact) mass is 280 g/mol. The molecule has 2 bridgehead atoms. The average Bonchev–Trinajstić information content (AvgIpc) is 2.83. The van der Waals surface area contributed by atoms with Crippen LogP contribution in [0.2, 0.25) is 0 Å². The Kier molecular flexibility index (Phi) is 3.04. The number of carbonyl (C=O) groups is 2. The summed E-state index contributed by atoms with van der Waals surface area (Å²) in [6.07, 6.45) is -3.69. The van der Waals surface area contributed by atoms with Gasteiger partial charge in [-0.3, -0.25) is 9.59 Å². The molecule has 0 aromatic carbocycles. The van der Waals surface area contributed by atoms with Crippen LogP contribution in [0.1, 0.15) is 26.2 Å². The molecule has 5 nitrogen and oxygen atoms in total. The molecule has 0 radical (unpaired) electrons. The molecule has 0 spiro atoms. The first-order valence-corrected chi connectivity index (χ1v) is 5.98. The van der Waals surface area contributed by atoms with Gasteiger partial charge in [0.15, 0.2) is 5.54 Å². The molecular formula is C11H15F3N2O3. The van der Waals surface area contributed by atoms with E-state index in [0.717, 1.165) is 4.90 Å². The molecule has 2 rings (SSSR count). The van der Waals surface area contributed by atoms with E-state index in [4.69, 9.17) is 10.8 Å². The predicted octanol–water partition coefficient (Wildman–Crippen LogP) is 0.730. The van der Waals surface area contributed by atoms with Crippen LogP contribution in [0, 0.1) is 5.92 Å². The number of alkyl halides is 3. The van der Waals surface area contributed by atoms with E-state index in [1.54, 1.807) is 0 Å². The van der Waals surface area contributed by atoms with Crippen molar-refractivity contribution in [2.45, 2.75) is 50.0 Å². The van der Waals surface area contributed by atoms with E-state index in [1.165, 1.54) is 0 Å². The molecule has 4 atom stereocenters. The van der Waals surface area contributed by atoms with Crippen LogP contribution in [0.5, 0.6) is 0 Å². The van der Waals surface area contributed by atoms with E-state index in [9.17, 15) is 22.8 Å². The van der Waals surface area contributed by atoms with Crippen LogP contribution < -0.4 is 5.73 Å². The van der Waals surface area contributed by atoms with Gasteiger partial charge in [0.1, 0.15) is 0 Å². The van der Waals surface area contributed by atoms with E-state index in [1.807, 2.05) is 0 Å². The highest BCUT2D eigenvalue weighted by atomic mass is 19.4. The fourth-order valence-corrected chi connectivity index (χ4v) is 2.96. The first-order valence-electron chi connectivity index (χ1n) is 5.98. The van der Waals surface area contributed by atoms with Gasteiger partial charge in [0.2, 0.25) is 0 Å². The maximum Gasteiger partial charge on any atom is 0.415 e. The van der Waals surface area contributed by atoms with E-state index < -0.39 is 41.6 Å². The van der Waals surface area contributed by atoms with Crippen molar-refractivity contribution in [3.8, 4) is 0 Å². The highest BCUT2D eigenvalue weighted by molar-refractivity contribution is 5.89. The molecule has 0 aromatic rings. The zero-order valence-electron chi connectivity index (χ0n) is 10.3. The van der Waals surface area contributed by atoms with Crippen molar-refractivity contribution in [1.29, 1.82) is 0 Å². The van der Waals surface area contributed by atoms with E-state index in [-0.39, 0.29) is 6.42 Å². The Hall–Kier alpha value is -1.31. The van der Waals surface area contributed by atoms with Gasteiger partial charge in [0, 0.05) is 12.1 Å². The second kappa shape index (κ2) is 4.09. The van der Waals surface area contributed by atoms with Crippen LogP contribution in [0.25, 0.3) is 0 Å². The van der Waals surface area contributed by atoms with Gasteiger partial charge < -0.3 is 15.7 Å². The summed E-state index contributed by atoms with van der Waals surface area (Å²) < 4.78 is 38.3. The van der Waals surface area contributed by atoms with Crippen LogP contribution in [0.15, 0.2) is 0 Å². The molecule has 2 aliphatic heterocycles. The highest BCUT2D eigenvalue weighted by Crippen LogP contribution is 2.44. The number of carboxylic acid groups (broad SMARTS) is 1. The van der Waals surface area contributed by atoms with Crippen LogP contribution >= 0.6 is 0 Å². The van der Waals surface area contributed by atoms with Crippen LogP contribution in [-0.4, -0.2) is 45.7 Å². The molecule has 3 N–H and O–H groups in total. The lowest BCUT2D eigenvalue weighted by atomic mass is 9.89. The second-order valence-electron chi connectivity index (χ2n) is 5.39. The van der Waals surface area contributed by atoms with Gasteiger partial charge in [-0.25, -0.2) is 0 Å². The molecule has 2 saturated heterocycles. The molecule has 4 unspecified atom stereocenters. The van der Waals surface area contributed by atoms with Crippen LogP contribution in [0.3, 0.4) is 0 Å². The standard InChI is InChI=1S/C11H15F3N2O3/c1-10(15,11(12,13)14)9(19)16-5-2-3-7(16)6(4-5)8(17)18/h5-7H,2-4,15H2,1H3,(H,17,18). The summed E-state index contributed by atoms with van der Waals surface area (Å²) >= 11 is 0. The number of carbonyl (C=O) groups excluding carboxylic acids is 1. The normalized spacial score (nSPS) is 33.3. The SMILES string of the molecule is CC(N)(C(=O)N1C2CCC1C(C(=O)O)C2)C(F)(F)F. The zero-order chi connectivity index (χ0) is 14.6. The molecule has 108 valence electrons. The number of hydrogen-bond acceptors (Lipinski definition) is 3. The number of hydrogen-bond donors (Lipinski definition) is 2. The number of carboxylic acids is 1. The van der Waals surface area contributed by atoms with Gasteiger partial charge in [0.05, 0.1) is 5.92 Å². The third-order valence-electron chi connectivity index (χ3n) is 4.12. The molecule has 2 aliphatic rings. The summed E-state index contributed by atoms with van der Waals surface area (Å²) in [4.78, 5) is 24.1. The maximum absolute atomic E-state index is 12.8.